The predicted octanol–water partition coefficient (Wildman–Crippen LogP) is 3.90. The third kappa shape index (κ3) is 4.96. The fourth-order valence-corrected chi connectivity index (χ4v) is 5.02. The number of nitrogens with zero attached hydrogens (tertiary/aromatic N) is 2. The quantitative estimate of drug-likeness (QED) is 0.703. The minimum absolute atomic E-state index is 0.0413. The van der Waals surface area contributed by atoms with E-state index in [0.29, 0.717) is 5.82 Å². The van der Waals surface area contributed by atoms with Gasteiger partial charge in [-0.15, -0.1) is 0 Å². The summed E-state index contributed by atoms with van der Waals surface area (Å²) in [5.41, 5.74) is -1.19. The summed E-state index contributed by atoms with van der Waals surface area (Å²) < 4.78 is 66.9. The van der Waals surface area contributed by atoms with Gasteiger partial charge in [-0.1, -0.05) is 12.1 Å². The molecule has 156 valence electrons. The van der Waals surface area contributed by atoms with Gasteiger partial charge in [-0.25, -0.2) is 13.4 Å². The Morgan fingerprint density at radius 3 is 2.38 bits per heavy atom. The van der Waals surface area contributed by atoms with Crippen LogP contribution in [0.4, 0.5) is 19.0 Å². The van der Waals surface area contributed by atoms with Gasteiger partial charge >= 0.3 is 6.18 Å². The molecule has 2 aromatic rings. The average molecular weight is 492 g/mol. The first kappa shape index (κ1) is 21.7. The molecule has 0 atom stereocenters. The second kappa shape index (κ2) is 8.41. The number of anilines is 1. The highest BCUT2D eigenvalue weighted by Crippen LogP contribution is 2.36. The molecule has 0 bridgehead atoms. The zero-order valence-electron chi connectivity index (χ0n) is 15.0. The number of hydrogen-bond acceptors (Lipinski definition) is 4. The molecule has 1 fully saturated rings. The maximum atomic E-state index is 13.2. The van der Waals surface area contributed by atoms with Crippen LogP contribution in [0.25, 0.3) is 0 Å². The number of piperidine rings is 1. The molecule has 0 unspecified atom stereocenters. The fraction of sp³-hybridized carbons (Fsp3) is 0.333. The van der Waals surface area contributed by atoms with Gasteiger partial charge in [0.15, 0.2) is 0 Å². The molecule has 0 spiro atoms. The second-order valence-electron chi connectivity index (χ2n) is 6.52. The van der Waals surface area contributed by atoms with Gasteiger partial charge in [-0.3, -0.25) is 4.79 Å². The molecule has 0 radical (unpaired) electrons. The molecular weight excluding hydrogens is 475 g/mol. The second-order valence-corrected chi connectivity index (χ2v) is 9.35. The van der Waals surface area contributed by atoms with Crippen LogP contribution in [0.3, 0.4) is 0 Å². The van der Waals surface area contributed by atoms with E-state index in [1.165, 1.54) is 12.3 Å². The number of alkyl halides is 3. The van der Waals surface area contributed by atoms with Crippen LogP contribution in [0.1, 0.15) is 18.4 Å². The molecule has 1 saturated heterocycles. The van der Waals surface area contributed by atoms with Crippen LogP contribution >= 0.6 is 15.9 Å². The number of carbonyl (C=O) groups excluding carboxylic acids is 1. The molecule has 1 aliphatic heterocycles. The summed E-state index contributed by atoms with van der Waals surface area (Å²) in [5, 5.41) is 2.67. The van der Waals surface area contributed by atoms with Crippen LogP contribution in [-0.4, -0.2) is 36.7 Å². The Labute approximate surface area is 174 Å². The third-order valence-corrected chi connectivity index (χ3v) is 7.04. The summed E-state index contributed by atoms with van der Waals surface area (Å²) in [6.45, 7) is -0.0826. The number of sulfonamides is 1. The van der Waals surface area contributed by atoms with Crippen molar-refractivity contribution in [3.05, 3.63) is 52.6 Å². The maximum absolute atomic E-state index is 13.2. The van der Waals surface area contributed by atoms with Crippen LogP contribution in [0.15, 0.2) is 52.0 Å². The lowest BCUT2D eigenvalue weighted by Crippen LogP contribution is -2.42. The van der Waals surface area contributed by atoms with Gasteiger partial charge in [-0.2, -0.15) is 17.5 Å². The number of rotatable bonds is 4. The van der Waals surface area contributed by atoms with E-state index in [1.54, 1.807) is 12.1 Å². The van der Waals surface area contributed by atoms with Gasteiger partial charge in [0.25, 0.3) is 0 Å². The Kier molecular flexibility index (Phi) is 6.30. The van der Waals surface area contributed by atoms with Gasteiger partial charge in [0, 0.05) is 29.7 Å². The van der Waals surface area contributed by atoms with E-state index in [2.05, 4.69) is 26.2 Å². The van der Waals surface area contributed by atoms with Crippen molar-refractivity contribution in [2.75, 3.05) is 18.4 Å². The first-order chi connectivity index (χ1) is 13.6. The smallest absolute Gasteiger partial charge is 0.310 e. The van der Waals surface area contributed by atoms with Crippen LogP contribution in [0.2, 0.25) is 0 Å². The Hall–Kier alpha value is -1.98. The van der Waals surface area contributed by atoms with Crippen LogP contribution in [0.5, 0.6) is 0 Å². The average Bonchev–Trinajstić information content (AvgIpc) is 2.69. The Morgan fingerprint density at radius 1 is 1.14 bits per heavy atom. The highest BCUT2D eigenvalue weighted by molar-refractivity contribution is 9.10. The fourth-order valence-electron chi connectivity index (χ4n) is 3.10. The summed E-state index contributed by atoms with van der Waals surface area (Å²) in [5.74, 6) is -0.385. The molecule has 1 aliphatic rings. The molecule has 1 amide bonds. The normalized spacial score (nSPS) is 16.6. The standard InChI is InChI=1S/C18H17BrF3N3O3S/c19-13-5-6-16(23-11-13)24-17(26)12-7-9-25(10-8-12)29(27,28)15-4-2-1-3-14(15)18(20,21)22/h1-6,11-12H,7-10H2,(H,23,24,26). The number of hydrogen-bond donors (Lipinski definition) is 1. The van der Waals surface area contributed by atoms with Crippen LogP contribution < -0.4 is 5.32 Å². The number of carbonyl (C=O) groups is 1. The summed E-state index contributed by atoms with van der Waals surface area (Å²) in [6, 6.07) is 7.45. The van der Waals surface area contributed by atoms with Gasteiger partial charge in [0.05, 0.1) is 10.5 Å². The van der Waals surface area contributed by atoms with Crippen molar-refractivity contribution in [3.63, 3.8) is 0 Å². The molecular formula is C18H17BrF3N3O3S. The monoisotopic (exact) mass is 491 g/mol. The van der Waals surface area contributed by atoms with Crippen molar-refractivity contribution in [3.8, 4) is 0 Å². The minimum Gasteiger partial charge on any atom is -0.310 e. The number of halogens is 4. The topological polar surface area (TPSA) is 79.4 Å². The zero-order chi connectivity index (χ0) is 21.2. The molecule has 1 aromatic carbocycles. The Bertz CT molecular complexity index is 989. The lowest BCUT2D eigenvalue weighted by atomic mass is 9.97. The minimum atomic E-state index is -4.78. The molecule has 0 aliphatic carbocycles. The van der Waals surface area contributed by atoms with E-state index in [9.17, 15) is 26.4 Å². The lowest BCUT2D eigenvalue weighted by molar-refractivity contribution is -0.139. The van der Waals surface area contributed by atoms with Crippen molar-refractivity contribution >= 4 is 37.7 Å². The molecule has 1 aromatic heterocycles. The zero-order valence-corrected chi connectivity index (χ0v) is 17.4. The summed E-state index contributed by atoms with van der Waals surface area (Å²) in [7, 11) is -4.32. The van der Waals surface area contributed by atoms with Crippen molar-refractivity contribution in [1.82, 2.24) is 9.29 Å². The van der Waals surface area contributed by atoms with Gasteiger partial charge in [0.1, 0.15) is 5.82 Å². The molecule has 6 nitrogen and oxygen atoms in total. The summed E-state index contributed by atoms with van der Waals surface area (Å²) >= 11 is 3.24. The van der Waals surface area contributed by atoms with Crippen molar-refractivity contribution < 1.29 is 26.4 Å². The lowest BCUT2D eigenvalue weighted by Gasteiger charge is -2.31. The molecule has 11 heteroatoms. The first-order valence-corrected chi connectivity index (χ1v) is 10.9. The van der Waals surface area contributed by atoms with E-state index in [1.807, 2.05) is 0 Å². The largest absolute Gasteiger partial charge is 0.417 e. The third-order valence-electron chi connectivity index (χ3n) is 4.61. The van der Waals surface area contributed by atoms with E-state index in [0.717, 1.165) is 27.0 Å². The van der Waals surface area contributed by atoms with Crippen molar-refractivity contribution in [1.29, 1.82) is 0 Å². The summed E-state index contributed by atoms with van der Waals surface area (Å²) in [4.78, 5) is 15.7. The summed E-state index contributed by atoms with van der Waals surface area (Å²) in [6.07, 6.45) is -2.84. The maximum Gasteiger partial charge on any atom is 0.417 e. The Balaban J connectivity index is 1.69. The molecule has 0 saturated carbocycles. The predicted molar refractivity (Wildman–Crippen MR) is 103 cm³/mol. The van der Waals surface area contributed by atoms with Gasteiger partial charge in [-0.05, 0) is 53.0 Å². The molecule has 3 rings (SSSR count). The molecule has 2 heterocycles. The van der Waals surface area contributed by atoms with E-state index < -0.39 is 32.6 Å². The van der Waals surface area contributed by atoms with Crippen LogP contribution in [0, 0.1) is 5.92 Å². The number of pyridine rings is 1. The van der Waals surface area contributed by atoms with E-state index in [4.69, 9.17) is 0 Å². The molecule has 1 N–H and O–H groups in total. The van der Waals surface area contributed by atoms with Crippen LogP contribution in [-0.2, 0) is 21.0 Å². The molecule has 29 heavy (non-hydrogen) atoms. The van der Waals surface area contributed by atoms with Crippen molar-refractivity contribution in [2.24, 2.45) is 5.92 Å². The number of nitrogens with one attached hydrogen (secondary N) is 1. The van der Waals surface area contributed by atoms with Crippen molar-refractivity contribution in [2.45, 2.75) is 23.9 Å². The SMILES string of the molecule is O=C(Nc1ccc(Br)cn1)C1CCN(S(=O)(=O)c2ccccc2C(F)(F)F)CC1. The highest BCUT2D eigenvalue weighted by Gasteiger charge is 2.40. The van der Waals surface area contributed by atoms with E-state index >= 15 is 0 Å². The highest BCUT2D eigenvalue weighted by atomic mass is 79.9. The van der Waals surface area contributed by atoms with E-state index in [-0.39, 0.29) is 31.8 Å². The first-order valence-electron chi connectivity index (χ1n) is 8.68. The van der Waals surface area contributed by atoms with Gasteiger partial charge in [0.2, 0.25) is 15.9 Å². The van der Waals surface area contributed by atoms with Gasteiger partial charge < -0.3 is 5.32 Å². The number of benzene rings is 1. The number of aromatic nitrogens is 1. The Morgan fingerprint density at radius 2 is 1.79 bits per heavy atom. The number of amides is 1.